The number of hydrogen-bond acceptors (Lipinski definition) is 3. The van der Waals surface area contributed by atoms with Gasteiger partial charge in [-0.3, -0.25) is 4.79 Å². The fourth-order valence-electron chi connectivity index (χ4n) is 2.54. The second-order valence-corrected chi connectivity index (χ2v) is 5.53. The third-order valence-corrected chi connectivity index (χ3v) is 3.91. The molecule has 0 saturated carbocycles. The van der Waals surface area contributed by atoms with Gasteiger partial charge in [0.1, 0.15) is 5.76 Å². The zero-order valence-electron chi connectivity index (χ0n) is 13.4. The monoisotopic (exact) mass is 299 g/mol. The number of rotatable bonds is 4. The molecule has 0 bridgehead atoms. The Morgan fingerprint density at radius 1 is 1.27 bits per heavy atom. The third kappa shape index (κ3) is 3.27. The highest BCUT2D eigenvalue weighted by Crippen LogP contribution is 2.27. The Morgan fingerprint density at radius 2 is 1.95 bits per heavy atom. The maximum absolute atomic E-state index is 12.6. The lowest BCUT2D eigenvalue weighted by Crippen LogP contribution is -2.18. The van der Waals surface area contributed by atoms with Crippen molar-refractivity contribution in [1.29, 1.82) is 0 Å². The Balaban J connectivity index is 2.37. The van der Waals surface area contributed by atoms with Crippen LogP contribution in [0, 0.1) is 13.8 Å². The summed E-state index contributed by atoms with van der Waals surface area (Å²) in [6.45, 7) is 7.61. The van der Waals surface area contributed by atoms with Crippen LogP contribution in [0.25, 0.3) is 0 Å². The number of nitrogens with one attached hydrogen (secondary N) is 1. The summed E-state index contributed by atoms with van der Waals surface area (Å²) >= 11 is 0. The van der Waals surface area contributed by atoms with Crippen molar-refractivity contribution in [3.05, 3.63) is 63.2 Å². The van der Waals surface area contributed by atoms with E-state index in [1.807, 2.05) is 24.3 Å². The lowest BCUT2D eigenvalue weighted by Gasteiger charge is -2.16. The summed E-state index contributed by atoms with van der Waals surface area (Å²) in [6.07, 6.45) is 0.991. The molecule has 0 aliphatic carbocycles. The Kier molecular flexibility index (Phi) is 4.81. The maximum atomic E-state index is 12.6. The SMILES string of the molecule is CCC(C)c1ccccc1NC(=O)c1c(C)cc(=O)oc1C. The molecule has 1 N–H and O–H groups in total. The van der Waals surface area contributed by atoms with Crippen LogP contribution in [0.1, 0.15) is 53.4 Å². The van der Waals surface area contributed by atoms with Gasteiger partial charge < -0.3 is 9.73 Å². The highest BCUT2D eigenvalue weighted by Gasteiger charge is 2.17. The summed E-state index contributed by atoms with van der Waals surface area (Å²) < 4.78 is 5.03. The van der Waals surface area contributed by atoms with Gasteiger partial charge in [-0.2, -0.15) is 0 Å². The lowest BCUT2D eigenvalue weighted by molar-refractivity contribution is 0.102. The van der Waals surface area contributed by atoms with E-state index in [0.29, 0.717) is 22.8 Å². The molecule has 1 unspecified atom stereocenters. The number of aryl methyl sites for hydroxylation is 2. The number of para-hydroxylation sites is 1. The molecule has 22 heavy (non-hydrogen) atoms. The molecule has 2 rings (SSSR count). The molecule has 1 aromatic carbocycles. The van der Waals surface area contributed by atoms with E-state index in [-0.39, 0.29) is 5.91 Å². The molecule has 0 saturated heterocycles. The van der Waals surface area contributed by atoms with Gasteiger partial charge in [0.05, 0.1) is 5.56 Å². The van der Waals surface area contributed by atoms with Crippen molar-refractivity contribution < 1.29 is 9.21 Å². The molecule has 1 atom stereocenters. The van der Waals surface area contributed by atoms with Crippen molar-refractivity contribution >= 4 is 11.6 Å². The fraction of sp³-hybridized carbons (Fsp3) is 0.333. The molecule has 4 nitrogen and oxygen atoms in total. The van der Waals surface area contributed by atoms with Crippen molar-refractivity contribution in [1.82, 2.24) is 0 Å². The zero-order chi connectivity index (χ0) is 16.3. The van der Waals surface area contributed by atoms with Gasteiger partial charge in [-0.25, -0.2) is 4.79 Å². The zero-order valence-corrected chi connectivity index (χ0v) is 13.4. The second kappa shape index (κ2) is 6.60. The normalized spacial score (nSPS) is 12.0. The van der Waals surface area contributed by atoms with Crippen LogP contribution in [0.3, 0.4) is 0 Å². The predicted octanol–water partition coefficient (Wildman–Crippen LogP) is 4.02. The molecule has 4 heteroatoms. The average molecular weight is 299 g/mol. The Hall–Kier alpha value is -2.36. The first-order chi connectivity index (χ1) is 10.4. The predicted molar refractivity (Wildman–Crippen MR) is 87.6 cm³/mol. The quantitative estimate of drug-likeness (QED) is 0.927. The van der Waals surface area contributed by atoms with Gasteiger partial charge in [0.15, 0.2) is 0 Å². The number of anilines is 1. The van der Waals surface area contributed by atoms with Crippen LogP contribution in [0.5, 0.6) is 0 Å². The van der Waals surface area contributed by atoms with Gasteiger partial charge in [0.2, 0.25) is 0 Å². The first-order valence-corrected chi connectivity index (χ1v) is 7.45. The third-order valence-electron chi connectivity index (χ3n) is 3.91. The van der Waals surface area contributed by atoms with Gasteiger partial charge in [-0.05, 0) is 43.4 Å². The minimum Gasteiger partial charge on any atom is -0.427 e. The van der Waals surface area contributed by atoms with Crippen molar-refractivity contribution in [2.45, 2.75) is 40.0 Å². The van der Waals surface area contributed by atoms with Crippen LogP contribution in [0.2, 0.25) is 0 Å². The van der Waals surface area contributed by atoms with Crippen LogP contribution in [0.4, 0.5) is 5.69 Å². The molecule has 1 heterocycles. The molecule has 0 radical (unpaired) electrons. The van der Waals surface area contributed by atoms with Crippen LogP contribution in [0.15, 0.2) is 39.5 Å². The molecule has 116 valence electrons. The van der Waals surface area contributed by atoms with E-state index in [0.717, 1.165) is 17.7 Å². The maximum Gasteiger partial charge on any atom is 0.336 e. The molecule has 2 aromatic rings. The molecular formula is C18H21NO3. The number of carbonyl (C=O) groups excluding carboxylic acids is 1. The average Bonchev–Trinajstić information content (AvgIpc) is 2.46. The summed E-state index contributed by atoms with van der Waals surface area (Å²) in [5, 5.41) is 2.94. The Bertz CT molecular complexity index is 720. The standard InChI is InChI=1S/C18H21NO3/c1-5-11(2)14-8-6-7-9-15(14)19-18(21)17-12(3)10-16(20)22-13(17)4/h6-11H,5H2,1-4H3,(H,19,21). The van der Waals surface area contributed by atoms with E-state index in [1.165, 1.54) is 6.07 Å². The van der Waals surface area contributed by atoms with Crippen molar-refractivity contribution in [2.24, 2.45) is 0 Å². The van der Waals surface area contributed by atoms with Crippen LogP contribution < -0.4 is 10.9 Å². The van der Waals surface area contributed by atoms with Crippen LogP contribution in [-0.2, 0) is 0 Å². The van der Waals surface area contributed by atoms with Gasteiger partial charge in [0.25, 0.3) is 5.91 Å². The smallest absolute Gasteiger partial charge is 0.336 e. The van der Waals surface area contributed by atoms with Crippen LogP contribution >= 0.6 is 0 Å². The van der Waals surface area contributed by atoms with Crippen molar-refractivity contribution in [2.75, 3.05) is 5.32 Å². The number of carbonyl (C=O) groups is 1. The minimum absolute atomic E-state index is 0.255. The summed E-state index contributed by atoms with van der Waals surface area (Å²) in [4.78, 5) is 23.9. The number of hydrogen-bond donors (Lipinski definition) is 1. The largest absolute Gasteiger partial charge is 0.427 e. The molecular weight excluding hydrogens is 278 g/mol. The second-order valence-electron chi connectivity index (χ2n) is 5.53. The molecule has 0 aliphatic rings. The van der Waals surface area contributed by atoms with E-state index in [1.54, 1.807) is 13.8 Å². The topological polar surface area (TPSA) is 59.3 Å². The first-order valence-electron chi connectivity index (χ1n) is 7.45. The molecule has 0 spiro atoms. The van der Waals surface area contributed by atoms with Gasteiger partial charge >= 0.3 is 5.63 Å². The Morgan fingerprint density at radius 3 is 2.59 bits per heavy atom. The molecule has 0 fully saturated rings. The molecule has 0 aliphatic heterocycles. The van der Waals surface area contributed by atoms with E-state index < -0.39 is 5.63 Å². The number of amides is 1. The van der Waals surface area contributed by atoms with Gasteiger partial charge in [-0.15, -0.1) is 0 Å². The summed E-state index contributed by atoms with van der Waals surface area (Å²) in [6, 6.07) is 9.11. The van der Waals surface area contributed by atoms with Crippen LogP contribution in [-0.4, -0.2) is 5.91 Å². The Labute approximate surface area is 130 Å². The number of benzene rings is 1. The van der Waals surface area contributed by atoms with Gasteiger partial charge in [0, 0.05) is 11.8 Å². The van der Waals surface area contributed by atoms with Gasteiger partial charge in [-0.1, -0.05) is 32.0 Å². The minimum atomic E-state index is -0.438. The van der Waals surface area contributed by atoms with E-state index >= 15 is 0 Å². The van der Waals surface area contributed by atoms with Crippen molar-refractivity contribution in [3.8, 4) is 0 Å². The van der Waals surface area contributed by atoms with E-state index in [4.69, 9.17) is 4.42 Å². The lowest BCUT2D eigenvalue weighted by atomic mass is 9.96. The summed E-state index contributed by atoms with van der Waals surface area (Å²) in [5.41, 5.74) is 2.50. The van der Waals surface area contributed by atoms with E-state index in [2.05, 4.69) is 19.2 Å². The summed E-state index contributed by atoms with van der Waals surface area (Å²) in [5.74, 6) is 0.436. The first kappa shape index (κ1) is 16.0. The van der Waals surface area contributed by atoms with E-state index in [9.17, 15) is 9.59 Å². The molecule has 1 aromatic heterocycles. The molecule has 1 amide bonds. The summed E-state index contributed by atoms with van der Waals surface area (Å²) in [7, 11) is 0. The highest BCUT2D eigenvalue weighted by atomic mass is 16.4. The fourth-order valence-corrected chi connectivity index (χ4v) is 2.54. The highest BCUT2D eigenvalue weighted by molar-refractivity contribution is 6.06. The van der Waals surface area contributed by atoms with Crippen molar-refractivity contribution in [3.63, 3.8) is 0 Å².